The number of hydrogen-bond acceptors (Lipinski definition) is 17. The van der Waals surface area contributed by atoms with Gasteiger partial charge in [-0.2, -0.15) is 0 Å². The van der Waals surface area contributed by atoms with Gasteiger partial charge in [-0.1, -0.05) is 93.2 Å². The van der Waals surface area contributed by atoms with E-state index >= 15 is 0 Å². The first-order chi connectivity index (χ1) is 39.2. The molecule has 2 unspecified atom stereocenters. The monoisotopic (exact) mass is 1190 g/mol. The minimum Gasteiger partial charge on any atom is -0.441 e. The minimum absolute atomic E-state index is 0. The normalized spacial score (nSPS) is 32.7. The third-order valence-corrected chi connectivity index (χ3v) is 16.0. The van der Waals surface area contributed by atoms with Gasteiger partial charge in [-0.25, -0.2) is 9.59 Å². The van der Waals surface area contributed by atoms with Gasteiger partial charge in [0.25, 0.3) is 11.8 Å². The van der Waals surface area contributed by atoms with E-state index in [4.69, 9.17) is 20.9 Å². The van der Waals surface area contributed by atoms with Crippen LogP contribution in [0.25, 0.3) is 0 Å². The van der Waals surface area contributed by atoms with E-state index in [9.17, 15) is 58.8 Å². The number of hydrogen-bond donors (Lipinski definition) is 10. The molecule has 4 rings (SSSR count). The molecule has 2 aliphatic carbocycles. The van der Waals surface area contributed by atoms with Gasteiger partial charge in [0.15, 0.2) is 0 Å². The largest absolute Gasteiger partial charge is 0.441 e. The van der Waals surface area contributed by atoms with Crippen molar-refractivity contribution in [3.63, 3.8) is 0 Å². The van der Waals surface area contributed by atoms with E-state index in [1.54, 1.807) is 40.7 Å². The smallest absolute Gasteiger partial charge is 0.405 e. The van der Waals surface area contributed by atoms with Gasteiger partial charge >= 0.3 is 12.2 Å². The van der Waals surface area contributed by atoms with Crippen LogP contribution in [0.1, 0.15) is 129 Å². The number of ether oxygens (including phenoxy) is 2. The Hall–Kier alpha value is -6.78. The Labute approximate surface area is 503 Å². The van der Waals surface area contributed by atoms with Crippen LogP contribution < -0.4 is 32.7 Å². The number of fused-ring (bicyclic) bond motifs is 4. The molecule has 0 saturated heterocycles. The van der Waals surface area contributed by atoms with E-state index in [0.717, 1.165) is 12.2 Å². The number of carbonyl (C=O) groups is 8. The topological polar surface area (TPSA) is 339 Å². The highest BCUT2D eigenvalue weighted by Crippen LogP contribution is 2.33. The van der Waals surface area contributed by atoms with Crippen LogP contribution in [0, 0.1) is 47.3 Å². The van der Waals surface area contributed by atoms with Crippen LogP contribution in [-0.2, 0) is 38.2 Å². The predicted octanol–water partition coefficient (Wildman–Crippen LogP) is 5.96. The number of rotatable bonds is 9. The van der Waals surface area contributed by atoms with Crippen LogP contribution in [0.5, 0.6) is 0 Å². The fourth-order valence-corrected chi connectivity index (χ4v) is 11.1. The first-order valence-corrected chi connectivity index (χ1v) is 29.0. The average Bonchev–Trinajstić information content (AvgIpc) is 3.54. The third-order valence-electron chi connectivity index (χ3n) is 16.0. The van der Waals surface area contributed by atoms with Gasteiger partial charge in [-0.05, 0) is 115 Å². The van der Waals surface area contributed by atoms with E-state index < -0.39 is 95.6 Å². The van der Waals surface area contributed by atoms with Gasteiger partial charge in [0, 0.05) is 77.8 Å². The number of amides is 4. The molecule has 21 nitrogen and oxygen atoms in total. The molecule has 85 heavy (non-hydrogen) atoms. The second kappa shape index (κ2) is 34.4. The molecule has 0 radical (unpaired) electrons. The van der Waals surface area contributed by atoms with E-state index in [2.05, 4.69) is 27.8 Å². The molecule has 0 saturated carbocycles. The summed E-state index contributed by atoms with van der Waals surface area (Å²) in [7, 11) is 3.82. The Kier molecular flexibility index (Phi) is 30.1. The summed E-state index contributed by atoms with van der Waals surface area (Å²) in [6, 6.07) is 0. The summed E-state index contributed by atoms with van der Waals surface area (Å²) in [5.41, 5.74) is 13.2. The average molecular weight is 1190 g/mol. The maximum Gasteiger partial charge on any atom is 0.405 e. The molecule has 0 aromatic heterocycles. The van der Waals surface area contributed by atoms with E-state index in [-0.39, 0.29) is 115 Å². The SMILES string of the molecule is C.C/C1=C\CC(O)[C@H](C)[C@@H](OC(N)=O)/C(C)=C/[C@H](C)[C@@H](O)[C@@H](C)C[C@H](C)CC2=C(NCCN(C)C)C(=O)C=C(NC1=O)C2=O.C=CCNC1=C2C[C@@H](C)C[C@H](C)[C@H](O)[C@@H](C)/C=C(\C)[C@H](OC(N)=O)[C@@H](C)C(O)C/C=C(\C)C(=O)NC(=CC1=O)C2=O. The molecule has 12 N–H and O–H groups in total. The lowest BCUT2D eigenvalue weighted by Gasteiger charge is -2.30. The van der Waals surface area contributed by atoms with Gasteiger partial charge in [-0.15, -0.1) is 6.58 Å². The molecule has 0 spiro atoms. The van der Waals surface area contributed by atoms with Crippen LogP contribution in [-0.4, -0.2) is 143 Å². The summed E-state index contributed by atoms with van der Waals surface area (Å²) in [6.07, 6.45) is 5.02. The Morgan fingerprint density at radius 2 is 1.01 bits per heavy atom. The number of nitrogens with zero attached hydrogens (tertiary/aromatic N) is 1. The van der Waals surface area contributed by atoms with Crippen LogP contribution in [0.4, 0.5) is 9.59 Å². The number of primary amides is 2. The summed E-state index contributed by atoms with van der Waals surface area (Å²) >= 11 is 0. The van der Waals surface area contributed by atoms with Crippen molar-refractivity contribution in [2.45, 2.75) is 166 Å². The zero-order valence-electron chi connectivity index (χ0n) is 51.7. The van der Waals surface area contributed by atoms with E-state index in [0.29, 0.717) is 42.7 Å². The predicted molar refractivity (Wildman–Crippen MR) is 327 cm³/mol. The number of nitrogens with one attached hydrogen (secondary N) is 4. The fourth-order valence-electron chi connectivity index (χ4n) is 11.1. The molecule has 4 amide bonds. The highest BCUT2D eigenvalue weighted by atomic mass is 16.6. The van der Waals surface area contributed by atoms with Crippen LogP contribution in [0.3, 0.4) is 0 Å². The third kappa shape index (κ3) is 21.9. The number of aliphatic hydroxyl groups is 4. The molecule has 14 atom stereocenters. The first kappa shape index (κ1) is 74.3. The molecule has 2 heterocycles. The van der Waals surface area contributed by atoms with Crippen molar-refractivity contribution < 1.29 is 68.3 Å². The molecule has 2 aliphatic heterocycles. The molecule has 0 fully saturated rings. The number of Topliss-reactive ketones (excluding diaryl/α,β-unsaturated/α-hetero) is 2. The minimum atomic E-state index is -1.02. The zero-order valence-corrected chi connectivity index (χ0v) is 51.7. The number of likely N-dealkylation sites (N-methyl/N-ethyl adjacent to an activating group) is 1. The van der Waals surface area contributed by atoms with Gasteiger partial charge in [0.1, 0.15) is 12.2 Å². The number of allylic oxidation sites excluding steroid dienone is 4. The molecule has 0 aromatic carbocycles. The maximum atomic E-state index is 13.7. The lowest BCUT2D eigenvalue weighted by atomic mass is 9.81. The van der Waals surface area contributed by atoms with Crippen molar-refractivity contribution in [2.75, 3.05) is 33.7 Å². The van der Waals surface area contributed by atoms with Crippen molar-refractivity contribution in [2.24, 2.45) is 58.8 Å². The van der Waals surface area contributed by atoms with E-state index in [1.807, 2.05) is 72.7 Å². The number of nitrogens with two attached hydrogens (primary N) is 2. The van der Waals surface area contributed by atoms with Crippen molar-refractivity contribution in [3.05, 3.63) is 105 Å². The quantitative estimate of drug-likeness (QED) is 0.0940. The summed E-state index contributed by atoms with van der Waals surface area (Å²) in [5.74, 6) is -5.26. The van der Waals surface area contributed by atoms with Crippen molar-refractivity contribution in [1.82, 2.24) is 26.2 Å². The molecule has 21 heteroatoms. The van der Waals surface area contributed by atoms with Crippen LogP contribution in [0.2, 0.25) is 0 Å². The summed E-state index contributed by atoms with van der Waals surface area (Å²) < 4.78 is 10.7. The Morgan fingerprint density at radius 1 is 0.647 bits per heavy atom. The molecule has 474 valence electrons. The maximum absolute atomic E-state index is 13.7. The van der Waals surface area contributed by atoms with Crippen LogP contribution >= 0.6 is 0 Å². The molecular formula is C64H99N7O14. The van der Waals surface area contributed by atoms with Gasteiger partial charge in [-0.3, -0.25) is 28.8 Å². The lowest BCUT2D eigenvalue weighted by Crippen LogP contribution is -2.37. The van der Waals surface area contributed by atoms with Crippen molar-refractivity contribution >= 4 is 47.1 Å². The lowest BCUT2D eigenvalue weighted by molar-refractivity contribution is -0.120. The highest BCUT2D eigenvalue weighted by molar-refractivity contribution is 6.24. The Morgan fingerprint density at radius 3 is 1.35 bits per heavy atom. The highest BCUT2D eigenvalue weighted by Gasteiger charge is 2.36. The van der Waals surface area contributed by atoms with Crippen molar-refractivity contribution in [3.8, 4) is 0 Å². The van der Waals surface area contributed by atoms with Crippen molar-refractivity contribution in [1.29, 1.82) is 0 Å². The summed E-state index contributed by atoms with van der Waals surface area (Å²) in [4.78, 5) is 105. The Bertz CT molecular complexity index is 2710. The molecular weight excluding hydrogens is 1090 g/mol. The van der Waals surface area contributed by atoms with E-state index in [1.165, 1.54) is 19.1 Å². The summed E-state index contributed by atoms with van der Waals surface area (Å²) in [5, 5.41) is 55.5. The molecule has 4 aliphatic rings. The molecule has 0 aromatic rings. The van der Waals surface area contributed by atoms with Gasteiger partial charge in [0.05, 0.1) is 47.2 Å². The number of ketones is 4. The van der Waals surface area contributed by atoms with Gasteiger partial charge in [0.2, 0.25) is 23.1 Å². The van der Waals surface area contributed by atoms with Crippen LogP contribution in [0.15, 0.2) is 105 Å². The number of aliphatic hydroxyl groups excluding tert-OH is 4. The fraction of sp³-hybridized carbons (Fsp3) is 0.594. The first-order valence-electron chi connectivity index (χ1n) is 29.0. The zero-order chi connectivity index (χ0) is 63.6. The standard InChI is InChI=1S/C32H50N4O7.C31H45N3O7.CH4/c1-17-13-19(3)28(39)20(4)15-21(5)30(43-32(33)42)22(6)25(37)10-9-18(2)31(41)35-24-16-26(38)27(23(14-17)29(24)40)34-11-12-36(7)8;1-8-11-33-26-22-13-16(2)12-18(4)27(37)19(5)14-20(6)29(41-31(32)40)21(7)24(35)10-9-17(3)30(39)34-23(28(22)38)15-25(26)36;/h9,15-17,19-20,22,25,28,30,34,37,39H,10-14H2,1-8H3,(H2,33,42)(H,35,41);8-9,14-16,18-19,21,24,27,29,33,35,37H,1,10-13H2,2-7H3,(H2,32,40)(H,34,39);1H4/b18-9+,21-15+;17-9+,20-14+;/t17-,19-,20-,22-,25?,28-,30-;16-,18-,19-,21-,24?,27-,29-;/m00./s1. The summed E-state index contributed by atoms with van der Waals surface area (Å²) in [6.45, 7) is 26.5. The molecule has 4 bridgehead atoms. The van der Waals surface area contributed by atoms with Gasteiger partial charge < -0.3 is 67.5 Å². The number of carbonyl (C=O) groups excluding carboxylic acids is 8. The Balaban J connectivity index is 0.000000574. The second-order valence-corrected chi connectivity index (χ2v) is 23.9. The second-order valence-electron chi connectivity index (χ2n) is 23.9.